The van der Waals surface area contributed by atoms with Gasteiger partial charge in [-0.15, -0.1) is 0 Å². The van der Waals surface area contributed by atoms with Gasteiger partial charge in [-0.05, 0) is 24.8 Å². The molecule has 1 atom stereocenters. The van der Waals surface area contributed by atoms with E-state index in [9.17, 15) is 20.0 Å². The van der Waals surface area contributed by atoms with E-state index in [2.05, 4.69) is 5.32 Å². The third-order valence-electron chi connectivity index (χ3n) is 3.28. The largest absolute Gasteiger partial charge is 0.496 e. The van der Waals surface area contributed by atoms with E-state index in [0.29, 0.717) is 0 Å². The number of non-ortho nitro benzene ring substituents is 1. The molecule has 1 fully saturated rings. The summed E-state index contributed by atoms with van der Waals surface area (Å²) >= 11 is 0. The first-order valence-electron chi connectivity index (χ1n) is 6.31. The molecule has 0 heterocycles. The average molecular weight is 280 g/mol. The molecule has 2 N–H and O–H groups in total. The fraction of sp³-hybridized carbons (Fsp3) is 0.462. The monoisotopic (exact) mass is 280 g/mol. The predicted molar refractivity (Wildman–Crippen MR) is 70.7 cm³/mol. The average Bonchev–Trinajstić information content (AvgIpc) is 3.28. The number of nitrogens with zero attached hydrogens (tertiary/aromatic N) is 1. The summed E-state index contributed by atoms with van der Waals surface area (Å²) in [5, 5.41) is 23.0. The Bertz CT molecular complexity index is 527. The van der Waals surface area contributed by atoms with Crippen LogP contribution in [0.25, 0.3) is 0 Å². The number of aliphatic hydroxyl groups is 1. The highest BCUT2D eigenvalue weighted by atomic mass is 16.6. The van der Waals surface area contributed by atoms with Crippen LogP contribution in [0.3, 0.4) is 0 Å². The molecule has 1 amide bonds. The minimum Gasteiger partial charge on any atom is -0.496 e. The number of ether oxygens (including phenoxy) is 1. The van der Waals surface area contributed by atoms with E-state index in [4.69, 9.17) is 4.74 Å². The van der Waals surface area contributed by atoms with E-state index in [1.165, 1.54) is 19.2 Å². The highest BCUT2D eigenvalue weighted by Gasteiger charge is 2.30. The number of hydrogen-bond acceptors (Lipinski definition) is 5. The Morgan fingerprint density at radius 3 is 2.85 bits per heavy atom. The molecule has 108 valence electrons. The molecule has 1 unspecified atom stereocenters. The molecule has 0 radical (unpaired) electrons. The second-order valence-electron chi connectivity index (χ2n) is 4.76. The Labute approximate surface area is 115 Å². The maximum absolute atomic E-state index is 12.0. The van der Waals surface area contributed by atoms with Crippen molar-refractivity contribution in [2.45, 2.75) is 18.9 Å². The van der Waals surface area contributed by atoms with Crippen LogP contribution < -0.4 is 10.1 Å². The molecule has 1 aromatic carbocycles. The number of amides is 1. The number of rotatable bonds is 6. The predicted octanol–water partition coefficient (Wildman–Crippen LogP) is 1.10. The fourth-order valence-corrected chi connectivity index (χ4v) is 1.93. The molecule has 7 heteroatoms. The summed E-state index contributed by atoms with van der Waals surface area (Å²) < 4.78 is 5.02. The maximum Gasteiger partial charge on any atom is 0.270 e. The maximum atomic E-state index is 12.0. The number of nitro groups is 1. The van der Waals surface area contributed by atoms with Crippen LogP contribution in [0.5, 0.6) is 5.75 Å². The molecule has 0 saturated heterocycles. The Morgan fingerprint density at radius 1 is 1.60 bits per heavy atom. The third kappa shape index (κ3) is 3.24. The molecule has 0 spiro atoms. The zero-order valence-corrected chi connectivity index (χ0v) is 11.0. The highest BCUT2D eigenvalue weighted by Crippen LogP contribution is 2.32. The summed E-state index contributed by atoms with van der Waals surface area (Å²) in [7, 11) is 1.39. The van der Waals surface area contributed by atoms with E-state index < -0.39 is 16.9 Å². The molecule has 7 nitrogen and oxygen atoms in total. The Balaban J connectivity index is 2.09. The van der Waals surface area contributed by atoms with Crippen molar-refractivity contribution in [3.63, 3.8) is 0 Å². The smallest absolute Gasteiger partial charge is 0.270 e. The van der Waals surface area contributed by atoms with Crippen LogP contribution in [-0.2, 0) is 0 Å². The SMILES string of the molecule is COc1ccc([N+](=O)[O-])cc1C(=O)NCC(O)C1CC1. The van der Waals surface area contributed by atoms with Gasteiger partial charge in [0.05, 0.1) is 23.7 Å². The van der Waals surface area contributed by atoms with Crippen LogP contribution in [-0.4, -0.2) is 35.7 Å². The van der Waals surface area contributed by atoms with Crippen molar-refractivity contribution in [2.75, 3.05) is 13.7 Å². The lowest BCUT2D eigenvalue weighted by atomic mass is 10.1. The van der Waals surface area contributed by atoms with Gasteiger partial charge in [0.15, 0.2) is 0 Å². The van der Waals surface area contributed by atoms with E-state index in [0.717, 1.165) is 18.9 Å². The number of benzene rings is 1. The lowest BCUT2D eigenvalue weighted by Gasteiger charge is -2.12. The van der Waals surface area contributed by atoms with Gasteiger partial charge < -0.3 is 15.2 Å². The molecule has 1 aromatic rings. The fourth-order valence-electron chi connectivity index (χ4n) is 1.93. The van der Waals surface area contributed by atoms with Crippen LogP contribution in [0.4, 0.5) is 5.69 Å². The van der Waals surface area contributed by atoms with Gasteiger partial charge in [0.25, 0.3) is 11.6 Å². The summed E-state index contributed by atoms with van der Waals surface area (Å²) in [6.45, 7) is 0.134. The summed E-state index contributed by atoms with van der Waals surface area (Å²) in [6, 6.07) is 3.82. The van der Waals surface area contributed by atoms with Gasteiger partial charge in [-0.1, -0.05) is 0 Å². The number of aliphatic hydroxyl groups excluding tert-OH is 1. The zero-order valence-electron chi connectivity index (χ0n) is 11.0. The number of methoxy groups -OCH3 is 1. The Kier molecular flexibility index (Phi) is 4.19. The van der Waals surface area contributed by atoms with Crippen LogP contribution in [0.1, 0.15) is 23.2 Å². The van der Waals surface area contributed by atoms with E-state index >= 15 is 0 Å². The normalized spacial score (nSPS) is 15.5. The van der Waals surface area contributed by atoms with E-state index in [1.54, 1.807) is 0 Å². The van der Waals surface area contributed by atoms with Gasteiger partial charge in [-0.25, -0.2) is 0 Å². The molecule has 1 saturated carbocycles. The second kappa shape index (κ2) is 5.87. The van der Waals surface area contributed by atoms with Gasteiger partial charge in [-0.2, -0.15) is 0 Å². The molecule has 20 heavy (non-hydrogen) atoms. The lowest BCUT2D eigenvalue weighted by Crippen LogP contribution is -2.33. The molecule has 2 rings (SSSR count). The van der Waals surface area contributed by atoms with Gasteiger partial charge in [0, 0.05) is 18.7 Å². The first-order valence-corrected chi connectivity index (χ1v) is 6.31. The summed E-state index contributed by atoms with van der Waals surface area (Å²) in [6.07, 6.45) is 1.37. The molecule has 0 aliphatic heterocycles. The van der Waals surface area contributed by atoms with Crippen molar-refractivity contribution < 1.29 is 19.6 Å². The molecule has 0 bridgehead atoms. The van der Waals surface area contributed by atoms with Crippen molar-refractivity contribution >= 4 is 11.6 Å². The first-order chi connectivity index (χ1) is 9.52. The summed E-state index contributed by atoms with van der Waals surface area (Å²) in [5.41, 5.74) is -0.0941. The lowest BCUT2D eigenvalue weighted by molar-refractivity contribution is -0.384. The van der Waals surface area contributed by atoms with Gasteiger partial charge in [0.2, 0.25) is 0 Å². The van der Waals surface area contributed by atoms with Crippen molar-refractivity contribution in [1.82, 2.24) is 5.32 Å². The van der Waals surface area contributed by atoms with Gasteiger partial charge in [0.1, 0.15) is 5.75 Å². The number of hydrogen-bond donors (Lipinski definition) is 2. The molecule has 1 aliphatic rings. The minimum atomic E-state index is -0.574. The third-order valence-corrected chi connectivity index (χ3v) is 3.28. The Morgan fingerprint density at radius 2 is 2.30 bits per heavy atom. The zero-order chi connectivity index (χ0) is 14.7. The van der Waals surface area contributed by atoms with Crippen molar-refractivity contribution in [2.24, 2.45) is 5.92 Å². The molecular formula is C13H16N2O5. The molecule has 1 aliphatic carbocycles. The Hall–Kier alpha value is -2.15. The van der Waals surface area contributed by atoms with E-state index in [1.807, 2.05) is 0 Å². The molecule has 0 aromatic heterocycles. The van der Waals surface area contributed by atoms with Crippen LogP contribution in [0, 0.1) is 16.0 Å². The van der Waals surface area contributed by atoms with Crippen molar-refractivity contribution in [3.8, 4) is 5.75 Å². The van der Waals surface area contributed by atoms with Gasteiger partial charge in [-0.3, -0.25) is 14.9 Å². The summed E-state index contributed by atoms with van der Waals surface area (Å²) in [4.78, 5) is 22.2. The number of carbonyl (C=O) groups is 1. The first kappa shape index (κ1) is 14.3. The van der Waals surface area contributed by atoms with Crippen LogP contribution in [0.2, 0.25) is 0 Å². The quantitative estimate of drug-likeness (QED) is 0.600. The number of nitro benzene ring substituents is 1. The van der Waals surface area contributed by atoms with E-state index in [-0.39, 0.29) is 29.5 Å². The number of carbonyl (C=O) groups excluding carboxylic acids is 1. The molecular weight excluding hydrogens is 264 g/mol. The van der Waals surface area contributed by atoms with Crippen molar-refractivity contribution in [1.29, 1.82) is 0 Å². The highest BCUT2D eigenvalue weighted by molar-refractivity contribution is 5.97. The standard InChI is InChI=1S/C13H16N2O5/c1-20-12-5-4-9(15(18)19)6-10(12)13(17)14-7-11(16)8-2-3-8/h4-6,8,11,16H,2-3,7H2,1H3,(H,14,17). The minimum absolute atomic E-state index is 0.0877. The summed E-state index contributed by atoms with van der Waals surface area (Å²) in [5.74, 6) is 0.0153. The topological polar surface area (TPSA) is 102 Å². The second-order valence-corrected chi connectivity index (χ2v) is 4.76. The van der Waals surface area contributed by atoms with Gasteiger partial charge >= 0.3 is 0 Å². The van der Waals surface area contributed by atoms with Crippen LogP contribution >= 0.6 is 0 Å². The van der Waals surface area contributed by atoms with Crippen LogP contribution in [0.15, 0.2) is 18.2 Å². The number of nitrogens with one attached hydrogen (secondary N) is 1. The van der Waals surface area contributed by atoms with Crippen molar-refractivity contribution in [3.05, 3.63) is 33.9 Å².